The lowest BCUT2D eigenvalue weighted by Crippen LogP contribution is -2.21. The molecule has 0 bridgehead atoms. The molecule has 0 amide bonds. The lowest BCUT2D eigenvalue weighted by Gasteiger charge is -2.21. The molecule has 0 aliphatic carbocycles. The van der Waals surface area contributed by atoms with E-state index in [4.69, 9.17) is 0 Å². The highest BCUT2D eigenvalue weighted by atomic mass is 32.1. The summed E-state index contributed by atoms with van der Waals surface area (Å²) in [5, 5.41) is 14.6. The van der Waals surface area contributed by atoms with Crippen molar-refractivity contribution >= 4 is 11.3 Å². The number of hydrogen-bond donors (Lipinski definition) is 1. The van der Waals surface area contributed by atoms with Crippen molar-refractivity contribution in [2.24, 2.45) is 0 Å². The minimum absolute atomic E-state index is 0.0970. The standard InChI is InChI=1S/C17H25N3S/c1-5-12-18-14(6-2)15-19-20-16(21-15)17(3,4)13-10-8-7-9-11-13/h7-11,14,18H,5-6,12H2,1-4H3. The van der Waals surface area contributed by atoms with E-state index in [1.54, 1.807) is 11.3 Å². The maximum absolute atomic E-state index is 4.47. The van der Waals surface area contributed by atoms with Crippen molar-refractivity contribution < 1.29 is 0 Å². The molecule has 0 fully saturated rings. The Morgan fingerprint density at radius 3 is 2.48 bits per heavy atom. The van der Waals surface area contributed by atoms with Crippen LogP contribution in [0.15, 0.2) is 30.3 Å². The largest absolute Gasteiger partial charge is 0.308 e. The van der Waals surface area contributed by atoms with Gasteiger partial charge in [-0.2, -0.15) is 0 Å². The molecular formula is C17H25N3S. The van der Waals surface area contributed by atoms with Gasteiger partial charge in [-0.1, -0.05) is 55.5 Å². The van der Waals surface area contributed by atoms with Crippen LogP contribution in [0.25, 0.3) is 0 Å². The third-order valence-electron chi connectivity index (χ3n) is 3.82. The summed E-state index contributed by atoms with van der Waals surface area (Å²) < 4.78 is 0. The number of hydrogen-bond acceptors (Lipinski definition) is 4. The van der Waals surface area contributed by atoms with Crippen LogP contribution in [0.1, 0.15) is 62.2 Å². The fourth-order valence-electron chi connectivity index (χ4n) is 2.33. The molecule has 1 unspecified atom stereocenters. The predicted molar refractivity (Wildman–Crippen MR) is 89.8 cm³/mol. The molecule has 0 saturated heterocycles. The van der Waals surface area contributed by atoms with Gasteiger partial charge >= 0.3 is 0 Å². The zero-order valence-corrected chi connectivity index (χ0v) is 14.2. The lowest BCUT2D eigenvalue weighted by molar-refractivity contribution is 0.512. The van der Waals surface area contributed by atoms with E-state index in [0.29, 0.717) is 6.04 Å². The monoisotopic (exact) mass is 303 g/mol. The molecule has 0 aliphatic rings. The SMILES string of the molecule is CCCNC(CC)c1nnc(C(C)(C)c2ccccc2)s1. The van der Waals surface area contributed by atoms with Crippen LogP contribution in [0.4, 0.5) is 0 Å². The summed E-state index contributed by atoms with van der Waals surface area (Å²) in [5.74, 6) is 0. The topological polar surface area (TPSA) is 37.8 Å². The molecule has 114 valence electrons. The Morgan fingerprint density at radius 2 is 1.86 bits per heavy atom. The van der Waals surface area contributed by atoms with Crippen LogP contribution < -0.4 is 5.32 Å². The first kappa shape index (κ1) is 16.1. The van der Waals surface area contributed by atoms with Crippen molar-refractivity contribution in [1.29, 1.82) is 0 Å². The highest BCUT2D eigenvalue weighted by Gasteiger charge is 2.28. The van der Waals surface area contributed by atoms with E-state index >= 15 is 0 Å². The molecule has 1 atom stereocenters. The molecule has 0 radical (unpaired) electrons. The third kappa shape index (κ3) is 3.69. The van der Waals surface area contributed by atoms with Crippen LogP contribution in [0.5, 0.6) is 0 Å². The maximum Gasteiger partial charge on any atom is 0.134 e. The summed E-state index contributed by atoms with van der Waals surface area (Å²) in [6.07, 6.45) is 2.18. The van der Waals surface area contributed by atoms with Gasteiger partial charge in [-0.15, -0.1) is 10.2 Å². The summed E-state index contributed by atoms with van der Waals surface area (Å²) in [6.45, 7) is 9.83. The van der Waals surface area contributed by atoms with Gasteiger partial charge in [0.05, 0.1) is 6.04 Å². The third-order valence-corrected chi connectivity index (χ3v) is 5.18. The molecule has 4 heteroatoms. The van der Waals surface area contributed by atoms with Gasteiger partial charge in [0.1, 0.15) is 10.0 Å². The van der Waals surface area contributed by atoms with Gasteiger partial charge in [0.25, 0.3) is 0 Å². The molecule has 0 aliphatic heterocycles. The van der Waals surface area contributed by atoms with Gasteiger partial charge in [0, 0.05) is 5.41 Å². The molecule has 1 aromatic heterocycles. The van der Waals surface area contributed by atoms with E-state index in [1.165, 1.54) is 5.56 Å². The summed E-state index contributed by atoms with van der Waals surface area (Å²) in [7, 11) is 0. The van der Waals surface area contributed by atoms with Gasteiger partial charge in [-0.3, -0.25) is 0 Å². The van der Waals surface area contributed by atoms with E-state index in [0.717, 1.165) is 29.4 Å². The van der Waals surface area contributed by atoms with Crippen LogP contribution in [0.3, 0.4) is 0 Å². The fourth-order valence-corrected chi connectivity index (χ4v) is 3.46. The van der Waals surface area contributed by atoms with Crippen LogP contribution >= 0.6 is 11.3 Å². The molecule has 1 aromatic carbocycles. The van der Waals surface area contributed by atoms with Crippen LogP contribution in [0.2, 0.25) is 0 Å². The number of aromatic nitrogens is 2. The molecule has 1 heterocycles. The molecule has 0 saturated carbocycles. The lowest BCUT2D eigenvalue weighted by atomic mass is 9.85. The summed E-state index contributed by atoms with van der Waals surface area (Å²) in [4.78, 5) is 0. The zero-order valence-electron chi connectivity index (χ0n) is 13.4. The predicted octanol–water partition coefficient (Wildman–Crippen LogP) is 4.31. The van der Waals surface area contributed by atoms with Crippen LogP contribution in [-0.2, 0) is 5.41 Å². The second-order valence-electron chi connectivity index (χ2n) is 5.85. The fraction of sp³-hybridized carbons (Fsp3) is 0.529. The van der Waals surface area contributed by atoms with E-state index in [2.05, 4.69) is 67.5 Å². The Kier molecular flexibility index (Phi) is 5.48. The zero-order chi connectivity index (χ0) is 15.3. The van der Waals surface area contributed by atoms with Crippen molar-refractivity contribution in [2.45, 2.75) is 52.0 Å². The molecule has 2 aromatic rings. The van der Waals surface area contributed by atoms with Gasteiger partial charge in [-0.25, -0.2) is 0 Å². The molecule has 3 nitrogen and oxygen atoms in total. The average Bonchev–Trinajstić information content (AvgIpc) is 2.99. The second-order valence-corrected chi connectivity index (χ2v) is 6.86. The van der Waals surface area contributed by atoms with Crippen LogP contribution in [-0.4, -0.2) is 16.7 Å². The van der Waals surface area contributed by atoms with Crippen molar-refractivity contribution in [2.75, 3.05) is 6.54 Å². The van der Waals surface area contributed by atoms with Gasteiger partial charge in [-0.05, 0) is 38.8 Å². The van der Waals surface area contributed by atoms with Crippen molar-refractivity contribution in [1.82, 2.24) is 15.5 Å². The Hall–Kier alpha value is -1.26. The first-order valence-corrected chi connectivity index (χ1v) is 8.54. The first-order chi connectivity index (χ1) is 10.1. The highest BCUT2D eigenvalue weighted by Crippen LogP contribution is 2.34. The van der Waals surface area contributed by atoms with E-state index in [-0.39, 0.29) is 5.41 Å². The van der Waals surface area contributed by atoms with E-state index in [9.17, 15) is 0 Å². The molecule has 21 heavy (non-hydrogen) atoms. The number of benzene rings is 1. The normalized spacial score (nSPS) is 13.3. The summed E-state index contributed by atoms with van der Waals surface area (Å²) in [5.41, 5.74) is 1.18. The summed E-state index contributed by atoms with van der Waals surface area (Å²) >= 11 is 1.73. The number of nitrogens with one attached hydrogen (secondary N) is 1. The molecule has 0 spiro atoms. The van der Waals surface area contributed by atoms with Crippen LogP contribution in [0, 0.1) is 0 Å². The number of rotatable bonds is 7. The number of nitrogens with zero attached hydrogens (tertiary/aromatic N) is 2. The van der Waals surface area contributed by atoms with Crippen molar-refractivity contribution in [3.63, 3.8) is 0 Å². The maximum atomic E-state index is 4.47. The van der Waals surface area contributed by atoms with Gasteiger partial charge < -0.3 is 5.32 Å². The second kappa shape index (κ2) is 7.14. The van der Waals surface area contributed by atoms with E-state index in [1.807, 2.05) is 6.07 Å². The summed E-state index contributed by atoms with van der Waals surface area (Å²) in [6, 6.07) is 10.9. The minimum atomic E-state index is -0.0970. The highest BCUT2D eigenvalue weighted by molar-refractivity contribution is 7.11. The van der Waals surface area contributed by atoms with Crippen molar-refractivity contribution in [3.05, 3.63) is 45.9 Å². The molecular weight excluding hydrogens is 278 g/mol. The molecule has 1 N–H and O–H groups in total. The Labute approximate surface area is 131 Å². The van der Waals surface area contributed by atoms with Gasteiger partial charge in [0.2, 0.25) is 0 Å². The quantitative estimate of drug-likeness (QED) is 0.828. The first-order valence-electron chi connectivity index (χ1n) is 7.72. The Balaban J connectivity index is 2.22. The molecule has 2 rings (SSSR count). The Morgan fingerprint density at radius 1 is 1.14 bits per heavy atom. The minimum Gasteiger partial charge on any atom is -0.308 e. The van der Waals surface area contributed by atoms with E-state index < -0.39 is 0 Å². The average molecular weight is 303 g/mol. The van der Waals surface area contributed by atoms with Gasteiger partial charge in [0.15, 0.2) is 0 Å². The Bertz CT molecular complexity index is 548. The smallest absolute Gasteiger partial charge is 0.134 e. The van der Waals surface area contributed by atoms with Crippen molar-refractivity contribution in [3.8, 4) is 0 Å².